The Morgan fingerprint density at radius 2 is 1.71 bits per heavy atom. The first-order valence-electron chi connectivity index (χ1n) is 9.90. The van der Waals surface area contributed by atoms with Crippen molar-refractivity contribution >= 4 is 11.9 Å². The summed E-state index contributed by atoms with van der Waals surface area (Å²) < 4.78 is 78.2. The Bertz CT molecular complexity index is 1150. The minimum absolute atomic E-state index is 0.0484. The fraction of sp³-hybridized carbons (Fsp3) is 0.160. The lowest BCUT2D eigenvalue weighted by Gasteiger charge is -2.13. The maximum absolute atomic E-state index is 12.9. The summed E-state index contributed by atoms with van der Waals surface area (Å²) in [5.41, 5.74) is 0.637. The molecule has 0 aliphatic rings. The van der Waals surface area contributed by atoms with Crippen molar-refractivity contribution in [2.45, 2.75) is 19.4 Å². The summed E-state index contributed by atoms with van der Waals surface area (Å²) in [6, 6.07) is 14.8. The molecule has 0 saturated carbocycles. The topological polar surface area (TPSA) is 44.8 Å². The minimum Gasteiger partial charge on any atom is -0.496 e. The largest absolute Gasteiger partial charge is 0.496 e. The van der Waals surface area contributed by atoms with Crippen LogP contribution in [0, 0.1) is 0 Å². The van der Waals surface area contributed by atoms with Gasteiger partial charge in [-0.15, -0.1) is 0 Å². The van der Waals surface area contributed by atoms with Gasteiger partial charge in [0.05, 0.1) is 12.7 Å². The van der Waals surface area contributed by atoms with Crippen LogP contribution >= 0.6 is 0 Å². The monoisotopic (exact) mass is 478 g/mol. The number of halogens is 5. The summed E-state index contributed by atoms with van der Waals surface area (Å²) in [5, 5.41) is 0. The molecule has 0 radical (unpaired) electrons. The van der Waals surface area contributed by atoms with E-state index in [-0.39, 0.29) is 29.5 Å². The summed E-state index contributed by atoms with van der Waals surface area (Å²) in [6.45, 7) is -3.02. The number of benzene rings is 3. The number of hydrogen-bond donors (Lipinski definition) is 0. The molecule has 0 bridgehead atoms. The van der Waals surface area contributed by atoms with E-state index < -0.39 is 18.4 Å². The highest BCUT2D eigenvalue weighted by atomic mass is 19.4. The molecule has 178 valence electrons. The summed E-state index contributed by atoms with van der Waals surface area (Å²) in [6.07, 6.45) is -1.63. The number of ether oxygens (including phenoxy) is 3. The lowest BCUT2D eigenvalue weighted by molar-refractivity contribution is -0.137. The van der Waals surface area contributed by atoms with Gasteiger partial charge in [0.2, 0.25) is 0 Å². The van der Waals surface area contributed by atoms with Gasteiger partial charge >= 0.3 is 12.8 Å². The number of carbonyl (C=O) groups is 1. The third-order valence-corrected chi connectivity index (χ3v) is 4.65. The molecule has 3 rings (SSSR count). The van der Waals surface area contributed by atoms with Crippen LogP contribution in [-0.2, 0) is 12.8 Å². The maximum Gasteiger partial charge on any atom is 0.416 e. The fourth-order valence-corrected chi connectivity index (χ4v) is 3.01. The second kappa shape index (κ2) is 10.8. The van der Waals surface area contributed by atoms with Crippen LogP contribution in [0.15, 0.2) is 72.8 Å². The number of carbonyl (C=O) groups excluding carboxylic acids is 1. The zero-order valence-electron chi connectivity index (χ0n) is 17.8. The van der Waals surface area contributed by atoms with Gasteiger partial charge in [0.25, 0.3) is 0 Å². The fourth-order valence-electron chi connectivity index (χ4n) is 3.01. The number of methoxy groups -OCH3 is 1. The molecule has 3 aromatic rings. The molecule has 0 unspecified atom stereocenters. The molecule has 0 aromatic heterocycles. The van der Waals surface area contributed by atoms with E-state index in [1.807, 2.05) is 0 Å². The first kappa shape index (κ1) is 24.8. The van der Waals surface area contributed by atoms with E-state index >= 15 is 0 Å². The summed E-state index contributed by atoms with van der Waals surface area (Å²) in [5.74, 6) is 0.0922. The summed E-state index contributed by atoms with van der Waals surface area (Å²) in [7, 11) is 1.45. The van der Waals surface area contributed by atoms with E-state index in [0.717, 1.165) is 12.1 Å². The Balaban J connectivity index is 1.71. The quantitative estimate of drug-likeness (QED) is 0.193. The van der Waals surface area contributed by atoms with Crippen LogP contribution < -0.4 is 14.2 Å². The predicted octanol–water partition coefficient (Wildman–Crippen LogP) is 6.79. The zero-order valence-corrected chi connectivity index (χ0v) is 17.8. The second-order valence-corrected chi connectivity index (χ2v) is 6.99. The molecule has 0 amide bonds. The van der Waals surface area contributed by atoms with Gasteiger partial charge in [-0.05, 0) is 66.2 Å². The second-order valence-electron chi connectivity index (χ2n) is 6.99. The maximum atomic E-state index is 12.9. The van der Waals surface area contributed by atoms with Gasteiger partial charge in [-0.2, -0.15) is 22.0 Å². The van der Waals surface area contributed by atoms with E-state index in [2.05, 4.69) is 4.74 Å². The van der Waals surface area contributed by atoms with E-state index in [4.69, 9.17) is 9.47 Å². The molecule has 34 heavy (non-hydrogen) atoms. The lowest BCUT2D eigenvalue weighted by atomic mass is 10.1. The van der Waals surface area contributed by atoms with Gasteiger partial charge in [-0.1, -0.05) is 18.2 Å². The zero-order chi connectivity index (χ0) is 24.7. The van der Waals surface area contributed by atoms with Crippen molar-refractivity contribution in [3.05, 3.63) is 95.1 Å². The van der Waals surface area contributed by atoms with Gasteiger partial charge in [0.1, 0.15) is 23.9 Å². The van der Waals surface area contributed by atoms with Crippen LogP contribution in [0.5, 0.6) is 17.2 Å². The molecule has 0 fully saturated rings. The number of rotatable bonds is 9. The van der Waals surface area contributed by atoms with Crippen LogP contribution in [0.4, 0.5) is 22.0 Å². The van der Waals surface area contributed by atoms with Crippen LogP contribution in [-0.4, -0.2) is 19.5 Å². The Labute approximate surface area is 192 Å². The Morgan fingerprint density at radius 1 is 0.971 bits per heavy atom. The molecule has 0 heterocycles. The van der Waals surface area contributed by atoms with Crippen LogP contribution in [0.25, 0.3) is 6.08 Å². The smallest absolute Gasteiger partial charge is 0.416 e. The molecule has 0 N–H and O–H groups in total. The SMILES string of the molecule is COc1ccc(/C=C/C(=O)c2ccc(OC(F)F)cc2)cc1COc1cccc(C(F)(F)F)c1. The van der Waals surface area contributed by atoms with Crippen molar-refractivity contribution in [1.82, 2.24) is 0 Å². The molecule has 0 aliphatic heterocycles. The van der Waals surface area contributed by atoms with Gasteiger partial charge < -0.3 is 14.2 Å². The minimum atomic E-state index is -4.48. The van der Waals surface area contributed by atoms with Crippen LogP contribution in [0.1, 0.15) is 27.0 Å². The molecule has 0 aliphatic carbocycles. The van der Waals surface area contributed by atoms with Crippen molar-refractivity contribution in [1.29, 1.82) is 0 Å². The average Bonchev–Trinajstić information content (AvgIpc) is 2.81. The first-order valence-corrected chi connectivity index (χ1v) is 9.90. The molecule has 3 aromatic carbocycles. The van der Waals surface area contributed by atoms with E-state index in [1.54, 1.807) is 24.3 Å². The standard InChI is InChI=1S/C25H19F5O4/c1-32-23-12-6-16(5-11-22(31)17-7-9-20(10-8-17)34-24(26)27)13-18(23)15-33-21-4-2-3-19(14-21)25(28,29)30/h2-14,24H,15H2,1H3/b11-5+. The van der Waals surface area contributed by atoms with Crippen molar-refractivity contribution < 1.29 is 41.0 Å². The average molecular weight is 478 g/mol. The third-order valence-electron chi connectivity index (χ3n) is 4.65. The molecule has 0 atom stereocenters. The first-order chi connectivity index (χ1) is 16.2. The molecule has 0 saturated heterocycles. The Hall–Kier alpha value is -3.88. The van der Waals surface area contributed by atoms with Crippen molar-refractivity contribution in [3.63, 3.8) is 0 Å². The molecule has 0 spiro atoms. The van der Waals surface area contributed by atoms with Crippen LogP contribution in [0.2, 0.25) is 0 Å². The molecule has 4 nitrogen and oxygen atoms in total. The van der Waals surface area contributed by atoms with E-state index in [1.165, 1.54) is 49.6 Å². The highest BCUT2D eigenvalue weighted by Crippen LogP contribution is 2.32. The van der Waals surface area contributed by atoms with Gasteiger partial charge in [-0.25, -0.2) is 0 Å². The number of hydrogen-bond acceptors (Lipinski definition) is 4. The molecular weight excluding hydrogens is 459 g/mol. The number of ketones is 1. The Morgan fingerprint density at radius 3 is 2.35 bits per heavy atom. The highest BCUT2D eigenvalue weighted by Gasteiger charge is 2.30. The third kappa shape index (κ3) is 6.81. The number of alkyl halides is 5. The predicted molar refractivity (Wildman–Crippen MR) is 115 cm³/mol. The van der Waals surface area contributed by atoms with Gasteiger partial charge in [-0.3, -0.25) is 4.79 Å². The van der Waals surface area contributed by atoms with Gasteiger partial charge in [0.15, 0.2) is 5.78 Å². The summed E-state index contributed by atoms with van der Waals surface area (Å²) >= 11 is 0. The van der Waals surface area contributed by atoms with Crippen molar-refractivity contribution in [2.24, 2.45) is 0 Å². The van der Waals surface area contributed by atoms with Crippen molar-refractivity contribution in [3.8, 4) is 17.2 Å². The van der Waals surface area contributed by atoms with E-state index in [9.17, 15) is 26.7 Å². The lowest BCUT2D eigenvalue weighted by Crippen LogP contribution is -2.05. The van der Waals surface area contributed by atoms with Gasteiger partial charge in [0, 0.05) is 11.1 Å². The normalized spacial score (nSPS) is 11.6. The summed E-state index contributed by atoms with van der Waals surface area (Å²) in [4.78, 5) is 12.4. The van der Waals surface area contributed by atoms with Crippen molar-refractivity contribution in [2.75, 3.05) is 7.11 Å². The van der Waals surface area contributed by atoms with E-state index in [0.29, 0.717) is 16.9 Å². The Kier molecular flexibility index (Phi) is 7.88. The molecule has 9 heteroatoms. The molecular formula is C25H19F5O4. The van der Waals surface area contributed by atoms with Crippen LogP contribution in [0.3, 0.4) is 0 Å². The number of allylic oxidation sites excluding steroid dienone is 1. The highest BCUT2D eigenvalue weighted by molar-refractivity contribution is 6.06.